The summed E-state index contributed by atoms with van der Waals surface area (Å²) in [4.78, 5) is 15.5. The van der Waals surface area contributed by atoms with Crippen molar-refractivity contribution in [2.45, 2.75) is 0 Å². The molecule has 0 spiro atoms. The molecule has 0 unspecified atom stereocenters. The molecule has 0 aromatic carbocycles. The zero-order valence-corrected chi connectivity index (χ0v) is 9.61. The molecule has 15 heavy (non-hydrogen) atoms. The molecule has 5 heteroatoms. The maximum absolute atomic E-state index is 11.4. The number of nitrogens with zero attached hydrogens (tertiary/aromatic N) is 1. The molecule has 0 atom stereocenters. The number of thiophene rings is 1. The molecule has 1 aliphatic heterocycles. The van der Waals surface area contributed by atoms with Gasteiger partial charge in [-0.1, -0.05) is 11.8 Å². The summed E-state index contributed by atoms with van der Waals surface area (Å²) in [6, 6.07) is 1.97. The predicted octanol–water partition coefficient (Wildman–Crippen LogP) is 1.98. The van der Waals surface area contributed by atoms with Crippen LogP contribution in [0.5, 0.6) is 0 Å². The lowest BCUT2D eigenvalue weighted by molar-refractivity contribution is -0.115. The summed E-state index contributed by atoms with van der Waals surface area (Å²) in [7, 11) is 0. The fourth-order valence-electron chi connectivity index (χ4n) is 1.10. The number of rotatable bonds is 2. The number of nitrogens with one attached hydrogen (secondary N) is 1. The molecule has 2 heterocycles. The highest BCUT2D eigenvalue weighted by Gasteiger charge is 2.08. The number of carbonyl (C=O) groups excluding carboxylic acids is 1. The monoisotopic (exact) mass is 238 g/mol. The molecular formula is C10H10N2OS2. The van der Waals surface area contributed by atoms with Crippen molar-refractivity contribution < 1.29 is 4.79 Å². The van der Waals surface area contributed by atoms with E-state index in [2.05, 4.69) is 10.3 Å². The highest BCUT2D eigenvalue weighted by molar-refractivity contribution is 8.14. The van der Waals surface area contributed by atoms with Crippen molar-refractivity contribution in [3.63, 3.8) is 0 Å². The minimum absolute atomic E-state index is 0.116. The number of hydrogen-bond donors (Lipinski definition) is 1. The lowest BCUT2D eigenvalue weighted by Gasteiger charge is -1.98. The first-order valence-corrected chi connectivity index (χ1v) is 6.46. The highest BCUT2D eigenvalue weighted by Crippen LogP contribution is 2.09. The maximum atomic E-state index is 11.4. The highest BCUT2D eigenvalue weighted by atomic mass is 32.2. The van der Waals surface area contributed by atoms with Crippen molar-refractivity contribution in [1.82, 2.24) is 5.32 Å². The maximum Gasteiger partial charge on any atom is 0.249 e. The Morgan fingerprint density at radius 1 is 1.60 bits per heavy atom. The molecular weight excluding hydrogens is 228 g/mol. The third-order valence-corrected chi connectivity index (χ3v) is 3.38. The van der Waals surface area contributed by atoms with E-state index >= 15 is 0 Å². The molecule has 0 fully saturated rings. The van der Waals surface area contributed by atoms with Crippen molar-refractivity contribution in [3.05, 3.63) is 28.5 Å². The average molecular weight is 238 g/mol. The molecule has 0 saturated carbocycles. The molecule has 1 amide bonds. The number of hydrogen-bond acceptors (Lipinski definition) is 4. The van der Waals surface area contributed by atoms with E-state index in [4.69, 9.17) is 0 Å². The van der Waals surface area contributed by atoms with Gasteiger partial charge in [0, 0.05) is 11.8 Å². The second kappa shape index (κ2) is 5.14. The summed E-state index contributed by atoms with van der Waals surface area (Å²) >= 11 is 3.19. The van der Waals surface area contributed by atoms with Crippen LogP contribution < -0.4 is 5.32 Å². The molecule has 1 aliphatic rings. The van der Waals surface area contributed by atoms with Gasteiger partial charge >= 0.3 is 0 Å². The van der Waals surface area contributed by atoms with Crippen molar-refractivity contribution >= 4 is 40.2 Å². The number of thioether (sulfide) groups is 1. The zero-order chi connectivity index (χ0) is 10.5. The standard InChI is InChI=1S/C10H10N2OS2/c13-9(12-10-11-4-6-15-10)2-1-8-3-5-14-7-8/h1-3,5,7H,4,6H2,(H,11,12,13)/b2-1+. The Morgan fingerprint density at radius 3 is 3.20 bits per heavy atom. The summed E-state index contributed by atoms with van der Waals surface area (Å²) in [5.41, 5.74) is 1.05. The summed E-state index contributed by atoms with van der Waals surface area (Å²) in [6.45, 7) is 0.800. The minimum atomic E-state index is -0.116. The Kier molecular flexibility index (Phi) is 3.58. The van der Waals surface area contributed by atoms with Crippen LogP contribution in [0, 0.1) is 0 Å². The molecule has 1 aromatic rings. The molecule has 0 saturated heterocycles. The lowest BCUT2D eigenvalue weighted by Crippen LogP contribution is -2.25. The van der Waals surface area contributed by atoms with Gasteiger partial charge in [0.15, 0.2) is 5.17 Å². The number of amides is 1. The largest absolute Gasteiger partial charge is 0.302 e. The van der Waals surface area contributed by atoms with Crippen LogP contribution in [0.15, 0.2) is 27.9 Å². The van der Waals surface area contributed by atoms with E-state index in [0.29, 0.717) is 0 Å². The molecule has 0 bridgehead atoms. The van der Waals surface area contributed by atoms with Crippen molar-refractivity contribution in [3.8, 4) is 0 Å². The molecule has 3 nitrogen and oxygen atoms in total. The molecule has 78 valence electrons. The first-order valence-electron chi connectivity index (χ1n) is 4.53. The van der Waals surface area contributed by atoms with Gasteiger partial charge in [0.1, 0.15) is 0 Å². The second-order valence-electron chi connectivity index (χ2n) is 2.91. The van der Waals surface area contributed by atoms with Crippen molar-refractivity contribution in [2.75, 3.05) is 12.3 Å². The van der Waals surface area contributed by atoms with Gasteiger partial charge in [-0.3, -0.25) is 9.79 Å². The lowest BCUT2D eigenvalue weighted by atomic mass is 10.3. The Hall–Kier alpha value is -1.07. The van der Waals surface area contributed by atoms with Crippen molar-refractivity contribution in [1.29, 1.82) is 0 Å². The minimum Gasteiger partial charge on any atom is -0.302 e. The number of carbonyl (C=O) groups is 1. The Bertz CT molecular complexity index is 396. The van der Waals surface area contributed by atoms with Gasteiger partial charge in [0.05, 0.1) is 6.54 Å². The van der Waals surface area contributed by atoms with Gasteiger partial charge in [0.2, 0.25) is 5.91 Å². The van der Waals surface area contributed by atoms with E-state index in [0.717, 1.165) is 23.0 Å². The zero-order valence-electron chi connectivity index (χ0n) is 7.97. The van der Waals surface area contributed by atoms with E-state index in [-0.39, 0.29) is 5.91 Å². The van der Waals surface area contributed by atoms with Crippen LogP contribution >= 0.6 is 23.1 Å². The van der Waals surface area contributed by atoms with Gasteiger partial charge in [-0.05, 0) is 28.5 Å². The Labute approximate surface area is 96.3 Å². The third kappa shape index (κ3) is 3.21. The van der Waals surface area contributed by atoms with Gasteiger partial charge in [-0.2, -0.15) is 11.3 Å². The number of amidine groups is 1. The predicted molar refractivity (Wildman–Crippen MR) is 66.3 cm³/mol. The topological polar surface area (TPSA) is 41.5 Å². The summed E-state index contributed by atoms with van der Waals surface area (Å²) in [6.07, 6.45) is 3.33. The second-order valence-corrected chi connectivity index (χ2v) is 4.78. The molecule has 0 aliphatic carbocycles. The van der Waals surface area contributed by atoms with E-state index in [1.165, 1.54) is 6.08 Å². The average Bonchev–Trinajstić information content (AvgIpc) is 2.86. The molecule has 2 rings (SSSR count). The smallest absolute Gasteiger partial charge is 0.249 e. The molecule has 1 aromatic heterocycles. The van der Waals surface area contributed by atoms with E-state index < -0.39 is 0 Å². The van der Waals surface area contributed by atoms with Gasteiger partial charge in [0.25, 0.3) is 0 Å². The van der Waals surface area contributed by atoms with Gasteiger partial charge < -0.3 is 5.32 Å². The fourth-order valence-corrected chi connectivity index (χ4v) is 2.46. The summed E-state index contributed by atoms with van der Waals surface area (Å²) in [5, 5.41) is 7.44. The van der Waals surface area contributed by atoms with Crippen LogP contribution in [0.2, 0.25) is 0 Å². The Morgan fingerprint density at radius 2 is 2.53 bits per heavy atom. The summed E-state index contributed by atoms with van der Waals surface area (Å²) < 4.78 is 0. The first-order chi connectivity index (χ1) is 7.34. The number of aliphatic imine (C=N–C) groups is 1. The van der Waals surface area contributed by atoms with Crippen LogP contribution in [-0.2, 0) is 4.79 Å². The van der Waals surface area contributed by atoms with Crippen LogP contribution in [-0.4, -0.2) is 23.4 Å². The van der Waals surface area contributed by atoms with E-state index in [1.54, 1.807) is 29.2 Å². The van der Waals surface area contributed by atoms with Crippen LogP contribution in [0.4, 0.5) is 0 Å². The quantitative estimate of drug-likeness (QED) is 0.800. The third-order valence-electron chi connectivity index (χ3n) is 1.79. The van der Waals surface area contributed by atoms with E-state index in [9.17, 15) is 4.79 Å². The normalized spacial score (nSPS) is 15.6. The van der Waals surface area contributed by atoms with Crippen LogP contribution in [0.1, 0.15) is 5.56 Å². The molecule has 0 radical (unpaired) electrons. The molecule has 1 N–H and O–H groups in total. The van der Waals surface area contributed by atoms with Crippen molar-refractivity contribution in [2.24, 2.45) is 4.99 Å². The first kappa shape index (κ1) is 10.4. The Balaban J connectivity index is 1.87. The van der Waals surface area contributed by atoms with Gasteiger partial charge in [-0.15, -0.1) is 0 Å². The van der Waals surface area contributed by atoms with Crippen LogP contribution in [0.3, 0.4) is 0 Å². The van der Waals surface area contributed by atoms with Crippen LogP contribution in [0.25, 0.3) is 6.08 Å². The van der Waals surface area contributed by atoms with Gasteiger partial charge in [-0.25, -0.2) is 0 Å². The fraction of sp³-hybridized carbons (Fsp3) is 0.200. The van der Waals surface area contributed by atoms with E-state index in [1.807, 2.05) is 16.8 Å². The summed E-state index contributed by atoms with van der Waals surface area (Å²) in [5.74, 6) is 0.846. The SMILES string of the molecule is O=C(/C=C/c1ccsc1)NC1=NCCS1.